The molecule has 0 heterocycles. The summed E-state index contributed by atoms with van der Waals surface area (Å²) in [6.45, 7) is 1.85. The zero-order chi connectivity index (χ0) is 14.0. The van der Waals surface area contributed by atoms with Crippen LogP contribution in [0.2, 0.25) is 0 Å². The Morgan fingerprint density at radius 3 is 2.32 bits per heavy atom. The van der Waals surface area contributed by atoms with Crippen LogP contribution in [0.5, 0.6) is 0 Å². The predicted octanol–water partition coefficient (Wildman–Crippen LogP) is 3.72. The molecular weight excluding hydrogens is 251 g/mol. The molecule has 1 N–H and O–H groups in total. The molecule has 2 rings (SSSR count). The van der Waals surface area contributed by atoms with Crippen LogP contribution in [-0.2, 0) is 0 Å². The molecule has 100 valence electrons. The summed E-state index contributed by atoms with van der Waals surface area (Å²) < 4.78 is 39.6. The van der Waals surface area contributed by atoms with Crippen LogP contribution in [0.25, 0.3) is 0 Å². The predicted molar refractivity (Wildman–Crippen MR) is 68.4 cm³/mol. The highest BCUT2D eigenvalue weighted by Gasteiger charge is 2.16. The van der Waals surface area contributed by atoms with E-state index in [1.165, 1.54) is 18.2 Å². The Morgan fingerprint density at radius 1 is 0.947 bits per heavy atom. The van der Waals surface area contributed by atoms with Gasteiger partial charge in [0, 0.05) is 0 Å². The largest absolute Gasteiger partial charge is 0.309 e. The van der Waals surface area contributed by atoms with Crippen LogP contribution in [0.1, 0.15) is 22.7 Å². The summed E-state index contributed by atoms with van der Waals surface area (Å²) in [6, 6.07) is 7.74. The van der Waals surface area contributed by atoms with Crippen LogP contribution >= 0.6 is 0 Å². The lowest BCUT2D eigenvalue weighted by atomic mass is 9.95. The maximum Gasteiger partial charge on any atom is 0.159 e. The second-order valence-electron chi connectivity index (χ2n) is 4.40. The standard InChI is InChI=1S/C15H14F3N/c1-9-3-5-11(16)8-12(9)15(19-2)10-4-6-13(17)14(18)7-10/h3-8,15,19H,1-2H3. The van der Waals surface area contributed by atoms with Gasteiger partial charge in [-0.15, -0.1) is 0 Å². The normalized spacial score (nSPS) is 12.5. The summed E-state index contributed by atoms with van der Waals surface area (Å²) in [7, 11) is 1.69. The van der Waals surface area contributed by atoms with Gasteiger partial charge < -0.3 is 5.32 Å². The minimum Gasteiger partial charge on any atom is -0.309 e. The van der Waals surface area contributed by atoms with Crippen molar-refractivity contribution >= 4 is 0 Å². The maximum atomic E-state index is 13.3. The Labute approximate surface area is 110 Å². The second kappa shape index (κ2) is 5.45. The molecule has 19 heavy (non-hydrogen) atoms. The van der Waals surface area contributed by atoms with Crippen molar-refractivity contribution in [2.75, 3.05) is 7.05 Å². The molecule has 0 saturated heterocycles. The van der Waals surface area contributed by atoms with Crippen molar-refractivity contribution in [3.8, 4) is 0 Å². The molecule has 2 aromatic carbocycles. The van der Waals surface area contributed by atoms with E-state index in [9.17, 15) is 13.2 Å². The van der Waals surface area contributed by atoms with E-state index in [2.05, 4.69) is 5.32 Å². The first-order valence-electron chi connectivity index (χ1n) is 5.91. The molecule has 0 aliphatic heterocycles. The van der Waals surface area contributed by atoms with Gasteiger partial charge in [-0.3, -0.25) is 0 Å². The maximum absolute atomic E-state index is 13.3. The number of hydrogen-bond donors (Lipinski definition) is 1. The molecule has 0 radical (unpaired) electrons. The fourth-order valence-electron chi connectivity index (χ4n) is 2.12. The van der Waals surface area contributed by atoms with E-state index < -0.39 is 11.6 Å². The number of rotatable bonds is 3. The third-order valence-corrected chi connectivity index (χ3v) is 3.12. The quantitative estimate of drug-likeness (QED) is 0.891. The molecular formula is C15H14F3N. The number of benzene rings is 2. The Bertz CT molecular complexity index is 596. The molecule has 0 amide bonds. The van der Waals surface area contributed by atoms with Gasteiger partial charge in [-0.05, 0) is 54.9 Å². The van der Waals surface area contributed by atoms with E-state index in [1.807, 2.05) is 6.92 Å². The van der Waals surface area contributed by atoms with Gasteiger partial charge in [-0.2, -0.15) is 0 Å². The molecule has 0 spiro atoms. The van der Waals surface area contributed by atoms with Gasteiger partial charge in [-0.25, -0.2) is 13.2 Å². The summed E-state index contributed by atoms with van der Waals surface area (Å²) in [5.74, 6) is -2.16. The average molecular weight is 265 g/mol. The SMILES string of the molecule is CNC(c1ccc(F)c(F)c1)c1cc(F)ccc1C. The fourth-order valence-corrected chi connectivity index (χ4v) is 2.12. The fraction of sp³-hybridized carbons (Fsp3) is 0.200. The number of nitrogens with one attached hydrogen (secondary N) is 1. The van der Waals surface area contributed by atoms with E-state index in [4.69, 9.17) is 0 Å². The molecule has 1 nitrogen and oxygen atoms in total. The molecule has 1 unspecified atom stereocenters. The highest BCUT2D eigenvalue weighted by atomic mass is 19.2. The van der Waals surface area contributed by atoms with Gasteiger partial charge in [0.1, 0.15) is 5.82 Å². The first kappa shape index (κ1) is 13.6. The molecule has 0 saturated carbocycles. The summed E-state index contributed by atoms with van der Waals surface area (Å²) in [6.07, 6.45) is 0. The zero-order valence-electron chi connectivity index (χ0n) is 10.7. The molecule has 0 aliphatic rings. The lowest BCUT2D eigenvalue weighted by Gasteiger charge is -2.19. The molecule has 0 aliphatic carbocycles. The molecule has 0 fully saturated rings. The minimum absolute atomic E-state index is 0.358. The van der Waals surface area contributed by atoms with Crippen LogP contribution in [0, 0.1) is 24.4 Å². The molecule has 1 atom stereocenters. The molecule has 0 bridgehead atoms. The lowest BCUT2D eigenvalue weighted by Crippen LogP contribution is -2.19. The van der Waals surface area contributed by atoms with Crippen LogP contribution in [-0.4, -0.2) is 7.05 Å². The highest BCUT2D eigenvalue weighted by molar-refractivity contribution is 5.37. The van der Waals surface area contributed by atoms with E-state index >= 15 is 0 Å². The Balaban J connectivity index is 2.49. The highest BCUT2D eigenvalue weighted by Crippen LogP contribution is 2.26. The van der Waals surface area contributed by atoms with Crippen molar-refractivity contribution in [1.82, 2.24) is 5.32 Å². The van der Waals surface area contributed by atoms with Crippen LogP contribution in [0.4, 0.5) is 13.2 Å². The number of halogens is 3. The molecule has 2 aromatic rings. The van der Waals surface area contributed by atoms with E-state index in [1.54, 1.807) is 13.1 Å². The lowest BCUT2D eigenvalue weighted by molar-refractivity contribution is 0.504. The van der Waals surface area contributed by atoms with Gasteiger partial charge in [-0.1, -0.05) is 12.1 Å². The first-order chi connectivity index (χ1) is 9.02. The van der Waals surface area contributed by atoms with Crippen LogP contribution in [0.15, 0.2) is 36.4 Å². The van der Waals surface area contributed by atoms with E-state index in [-0.39, 0.29) is 11.9 Å². The van der Waals surface area contributed by atoms with Crippen molar-refractivity contribution in [3.63, 3.8) is 0 Å². The second-order valence-corrected chi connectivity index (χ2v) is 4.40. The van der Waals surface area contributed by atoms with Crippen molar-refractivity contribution in [2.24, 2.45) is 0 Å². The summed E-state index contributed by atoms with van der Waals surface area (Å²) in [4.78, 5) is 0. The van der Waals surface area contributed by atoms with Crippen LogP contribution < -0.4 is 5.32 Å². The van der Waals surface area contributed by atoms with Crippen molar-refractivity contribution < 1.29 is 13.2 Å². The number of hydrogen-bond acceptors (Lipinski definition) is 1. The monoisotopic (exact) mass is 265 g/mol. The summed E-state index contributed by atoms with van der Waals surface area (Å²) >= 11 is 0. The van der Waals surface area contributed by atoms with Crippen molar-refractivity contribution in [3.05, 3.63) is 70.5 Å². The van der Waals surface area contributed by atoms with Gasteiger partial charge in [0.2, 0.25) is 0 Å². The van der Waals surface area contributed by atoms with Crippen LogP contribution in [0.3, 0.4) is 0 Å². The summed E-state index contributed by atoms with van der Waals surface area (Å²) in [5, 5.41) is 2.99. The summed E-state index contributed by atoms with van der Waals surface area (Å²) in [5.41, 5.74) is 2.13. The Hall–Kier alpha value is -1.81. The van der Waals surface area contributed by atoms with Gasteiger partial charge in [0.25, 0.3) is 0 Å². The Morgan fingerprint density at radius 2 is 1.68 bits per heavy atom. The van der Waals surface area contributed by atoms with Gasteiger partial charge in [0.15, 0.2) is 11.6 Å². The molecule has 0 aromatic heterocycles. The van der Waals surface area contributed by atoms with Gasteiger partial charge >= 0.3 is 0 Å². The molecule has 4 heteroatoms. The Kier molecular flexibility index (Phi) is 3.90. The third-order valence-electron chi connectivity index (χ3n) is 3.12. The topological polar surface area (TPSA) is 12.0 Å². The average Bonchev–Trinajstić information content (AvgIpc) is 2.38. The third kappa shape index (κ3) is 2.79. The van der Waals surface area contributed by atoms with Gasteiger partial charge in [0.05, 0.1) is 6.04 Å². The van der Waals surface area contributed by atoms with Crippen molar-refractivity contribution in [1.29, 1.82) is 0 Å². The van der Waals surface area contributed by atoms with Crippen molar-refractivity contribution in [2.45, 2.75) is 13.0 Å². The smallest absolute Gasteiger partial charge is 0.159 e. The minimum atomic E-state index is -0.910. The van der Waals surface area contributed by atoms with E-state index in [0.29, 0.717) is 11.1 Å². The first-order valence-corrected chi connectivity index (χ1v) is 5.91. The van der Waals surface area contributed by atoms with E-state index in [0.717, 1.165) is 17.7 Å². The zero-order valence-corrected chi connectivity index (χ0v) is 10.7. The number of aryl methyl sites for hydroxylation is 1.